The van der Waals surface area contributed by atoms with Gasteiger partial charge in [-0.3, -0.25) is 5.10 Å². The van der Waals surface area contributed by atoms with Crippen LogP contribution in [0.2, 0.25) is 0 Å². The average molecular weight is 316 g/mol. The van der Waals surface area contributed by atoms with Crippen LogP contribution >= 0.6 is 0 Å². The maximum atomic E-state index is 11.0. The van der Waals surface area contributed by atoms with E-state index in [-0.39, 0.29) is 5.69 Å². The molecule has 0 saturated carbocycles. The van der Waals surface area contributed by atoms with Gasteiger partial charge in [0.2, 0.25) is 0 Å². The first-order valence-electron chi connectivity index (χ1n) is 8.15. The van der Waals surface area contributed by atoms with Gasteiger partial charge in [-0.15, -0.1) is 0 Å². The van der Waals surface area contributed by atoms with Crippen LogP contribution in [0.4, 0.5) is 0 Å². The highest BCUT2D eigenvalue weighted by Crippen LogP contribution is 2.25. The van der Waals surface area contributed by atoms with Crippen LogP contribution in [0.25, 0.3) is 11.3 Å². The summed E-state index contributed by atoms with van der Waals surface area (Å²) in [5.74, 6) is -0.167. The number of nitrogens with one attached hydrogen (secondary N) is 1. The van der Waals surface area contributed by atoms with E-state index in [0.717, 1.165) is 24.3 Å². The first-order chi connectivity index (χ1) is 11.1. The van der Waals surface area contributed by atoms with Gasteiger partial charge in [0.05, 0.1) is 12.3 Å². The Bertz CT molecular complexity index is 632. The summed E-state index contributed by atoms with van der Waals surface area (Å²) < 4.78 is 5.73. The molecule has 5 nitrogen and oxygen atoms in total. The number of benzene rings is 1. The van der Waals surface area contributed by atoms with Gasteiger partial charge in [0.25, 0.3) is 0 Å². The van der Waals surface area contributed by atoms with E-state index in [4.69, 9.17) is 9.84 Å². The molecule has 0 unspecified atom stereocenters. The van der Waals surface area contributed by atoms with Crippen molar-refractivity contribution in [1.82, 2.24) is 10.2 Å². The van der Waals surface area contributed by atoms with Gasteiger partial charge in [-0.05, 0) is 37.6 Å². The summed E-state index contributed by atoms with van der Waals surface area (Å²) in [5.41, 5.74) is 2.31. The quantitative estimate of drug-likeness (QED) is 0.671. The number of H-pyrrole nitrogens is 1. The van der Waals surface area contributed by atoms with Crippen LogP contribution in [0.5, 0.6) is 5.75 Å². The number of ether oxygens (including phenoxy) is 1. The molecule has 1 heterocycles. The number of carboxylic acids is 1. The molecule has 2 aromatic rings. The second-order valence-corrected chi connectivity index (χ2v) is 5.66. The van der Waals surface area contributed by atoms with Crippen molar-refractivity contribution in [2.75, 3.05) is 6.61 Å². The van der Waals surface area contributed by atoms with Crippen molar-refractivity contribution in [1.29, 1.82) is 0 Å². The molecule has 0 aliphatic carbocycles. The molecule has 23 heavy (non-hydrogen) atoms. The highest BCUT2D eigenvalue weighted by Gasteiger charge is 2.15. The van der Waals surface area contributed by atoms with Gasteiger partial charge in [-0.1, -0.05) is 32.6 Å². The Morgan fingerprint density at radius 1 is 1.17 bits per heavy atom. The minimum Gasteiger partial charge on any atom is -0.494 e. The fourth-order valence-corrected chi connectivity index (χ4v) is 2.49. The zero-order valence-corrected chi connectivity index (χ0v) is 13.8. The zero-order valence-electron chi connectivity index (χ0n) is 13.8. The highest BCUT2D eigenvalue weighted by atomic mass is 16.5. The second-order valence-electron chi connectivity index (χ2n) is 5.66. The molecule has 0 bridgehead atoms. The standard InChI is InChI=1S/C18H24N2O3/c1-3-4-5-6-7-12-23-15-10-8-14(9-11-15)16-13(2)17(18(21)22)20-19-16/h8-11H,3-7,12H2,1-2H3,(H,19,20)(H,21,22). The van der Waals surface area contributed by atoms with E-state index in [1.54, 1.807) is 6.92 Å². The molecule has 2 rings (SSSR count). The Balaban J connectivity index is 1.91. The average Bonchev–Trinajstić information content (AvgIpc) is 2.93. The molecule has 2 N–H and O–H groups in total. The van der Waals surface area contributed by atoms with Gasteiger partial charge in [0.1, 0.15) is 11.4 Å². The van der Waals surface area contributed by atoms with Crippen molar-refractivity contribution in [3.05, 3.63) is 35.5 Å². The fourth-order valence-electron chi connectivity index (χ4n) is 2.49. The van der Waals surface area contributed by atoms with Crippen molar-refractivity contribution < 1.29 is 14.6 Å². The van der Waals surface area contributed by atoms with E-state index in [9.17, 15) is 4.79 Å². The third kappa shape index (κ3) is 4.58. The predicted octanol–water partition coefficient (Wildman–Crippen LogP) is 4.43. The number of rotatable bonds is 9. The van der Waals surface area contributed by atoms with Crippen LogP contribution in [0, 0.1) is 6.92 Å². The predicted molar refractivity (Wildman–Crippen MR) is 90.0 cm³/mol. The number of hydrogen-bond acceptors (Lipinski definition) is 3. The Hall–Kier alpha value is -2.30. The lowest BCUT2D eigenvalue weighted by Gasteiger charge is -2.07. The molecule has 0 amide bonds. The van der Waals surface area contributed by atoms with Gasteiger partial charge >= 0.3 is 5.97 Å². The molecule has 0 aliphatic heterocycles. The van der Waals surface area contributed by atoms with Crippen molar-refractivity contribution in [3.63, 3.8) is 0 Å². The van der Waals surface area contributed by atoms with E-state index in [0.29, 0.717) is 11.3 Å². The van der Waals surface area contributed by atoms with Crippen molar-refractivity contribution >= 4 is 5.97 Å². The maximum absolute atomic E-state index is 11.0. The number of aromatic nitrogens is 2. The lowest BCUT2D eigenvalue weighted by atomic mass is 10.1. The molecule has 124 valence electrons. The molecule has 0 radical (unpaired) electrons. The van der Waals surface area contributed by atoms with Crippen LogP contribution in [0.3, 0.4) is 0 Å². The van der Waals surface area contributed by atoms with E-state index >= 15 is 0 Å². The number of carboxylic acid groups (broad SMARTS) is 1. The van der Waals surface area contributed by atoms with Crippen LogP contribution in [-0.4, -0.2) is 27.9 Å². The minimum absolute atomic E-state index is 0.132. The Morgan fingerprint density at radius 3 is 2.48 bits per heavy atom. The van der Waals surface area contributed by atoms with Crippen molar-refractivity contribution in [2.24, 2.45) is 0 Å². The second kappa shape index (κ2) is 8.36. The summed E-state index contributed by atoms with van der Waals surface area (Å²) >= 11 is 0. The van der Waals surface area contributed by atoms with Crippen LogP contribution in [-0.2, 0) is 0 Å². The number of carbonyl (C=O) groups is 1. The molecular formula is C18H24N2O3. The summed E-state index contributed by atoms with van der Waals surface area (Å²) in [6.45, 7) is 4.69. The summed E-state index contributed by atoms with van der Waals surface area (Å²) in [6, 6.07) is 7.61. The number of aromatic amines is 1. The Kier molecular flexibility index (Phi) is 6.20. The summed E-state index contributed by atoms with van der Waals surface area (Å²) in [5, 5.41) is 15.7. The fraction of sp³-hybridized carbons (Fsp3) is 0.444. The van der Waals surface area contributed by atoms with Gasteiger partial charge < -0.3 is 9.84 Å². The first kappa shape index (κ1) is 17.1. The molecule has 0 spiro atoms. The van der Waals surface area contributed by atoms with E-state index in [1.807, 2.05) is 24.3 Å². The zero-order chi connectivity index (χ0) is 16.7. The molecule has 0 atom stereocenters. The monoisotopic (exact) mass is 316 g/mol. The van der Waals surface area contributed by atoms with E-state index < -0.39 is 5.97 Å². The molecular weight excluding hydrogens is 292 g/mol. The van der Waals surface area contributed by atoms with Gasteiger partial charge in [-0.2, -0.15) is 5.10 Å². The van der Waals surface area contributed by atoms with Crippen LogP contribution in [0.15, 0.2) is 24.3 Å². The largest absolute Gasteiger partial charge is 0.494 e. The number of unbranched alkanes of at least 4 members (excludes halogenated alkanes) is 4. The van der Waals surface area contributed by atoms with Crippen molar-refractivity contribution in [2.45, 2.75) is 46.0 Å². The summed E-state index contributed by atoms with van der Waals surface area (Å²) in [6.07, 6.45) is 6.08. The molecule has 0 saturated heterocycles. The minimum atomic E-state index is -0.996. The van der Waals surface area contributed by atoms with Crippen LogP contribution in [0.1, 0.15) is 55.1 Å². The summed E-state index contributed by atoms with van der Waals surface area (Å²) in [4.78, 5) is 11.0. The Morgan fingerprint density at radius 2 is 1.87 bits per heavy atom. The lowest BCUT2D eigenvalue weighted by Crippen LogP contribution is -1.98. The summed E-state index contributed by atoms with van der Waals surface area (Å²) in [7, 11) is 0. The molecule has 0 aliphatic rings. The molecule has 1 aromatic carbocycles. The topological polar surface area (TPSA) is 75.2 Å². The van der Waals surface area contributed by atoms with Gasteiger partial charge in [0.15, 0.2) is 0 Å². The number of aromatic carboxylic acids is 1. The molecule has 0 fully saturated rings. The van der Waals surface area contributed by atoms with Gasteiger partial charge in [0, 0.05) is 11.1 Å². The Labute approximate surface area is 136 Å². The van der Waals surface area contributed by atoms with Gasteiger partial charge in [-0.25, -0.2) is 4.79 Å². The van der Waals surface area contributed by atoms with Crippen LogP contribution < -0.4 is 4.74 Å². The first-order valence-corrected chi connectivity index (χ1v) is 8.15. The third-order valence-corrected chi connectivity index (χ3v) is 3.87. The third-order valence-electron chi connectivity index (χ3n) is 3.87. The number of nitrogens with zero attached hydrogens (tertiary/aromatic N) is 1. The van der Waals surface area contributed by atoms with E-state index in [2.05, 4.69) is 17.1 Å². The smallest absolute Gasteiger partial charge is 0.354 e. The molecule has 5 heteroatoms. The maximum Gasteiger partial charge on any atom is 0.354 e. The number of hydrogen-bond donors (Lipinski definition) is 2. The van der Waals surface area contributed by atoms with Crippen molar-refractivity contribution in [3.8, 4) is 17.0 Å². The molecule has 1 aromatic heterocycles. The lowest BCUT2D eigenvalue weighted by molar-refractivity contribution is 0.0689. The highest BCUT2D eigenvalue weighted by molar-refractivity contribution is 5.89. The van der Waals surface area contributed by atoms with E-state index in [1.165, 1.54) is 25.7 Å². The SMILES string of the molecule is CCCCCCCOc1ccc(-c2n[nH]c(C(=O)O)c2C)cc1. The normalized spacial score (nSPS) is 10.7.